The van der Waals surface area contributed by atoms with Gasteiger partial charge in [-0.2, -0.15) is 0 Å². The molecule has 0 radical (unpaired) electrons. The predicted molar refractivity (Wildman–Crippen MR) is 84.8 cm³/mol. The molecule has 1 saturated heterocycles. The summed E-state index contributed by atoms with van der Waals surface area (Å²) in [6.07, 6.45) is 5.84. The van der Waals surface area contributed by atoms with E-state index in [2.05, 4.69) is 9.97 Å². The number of ether oxygens (including phenoxy) is 1. The third-order valence-electron chi connectivity index (χ3n) is 3.90. The number of hydrogen-bond acceptors (Lipinski definition) is 5. The third-order valence-corrected chi connectivity index (χ3v) is 3.90. The Morgan fingerprint density at radius 3 is 2.92 bits per heavy atom. The minimum atomic E-state index is -0.854. The van der Waals surface area contributed by atoms with Crippen molar-refractivity contribution in [1.82, 2.24) is 14.9 Å². The highest BCUT2D eigenvalue weighted by Gasteiger charge is 2.28. The second-order valence-electron chi connectivity index (χ2n) is 5.60. The minimum Gasteiger partial charge on any atom is -0.481 e. The van der Waals surface area contributed by atoms with Gasteiger partial charge in [-0.15, -0.1) is 0 Å². The smallest absolute Gasteiger partial charge is 0.308 e. The van der Waals surface area contributed by atoms with Gasteiger partial charge in [-0.3, -0.25) is 14.6 Å². The maximum Gasteiger partial charge on any atom is 0.308 e. The van der Waals surface area contributed by atoms with E-state index in [1.165, 1.54) is 12.4 Å². The molecule has 7 heteroatoms. The largest absolute Gasteiger partial charge is 0.481 e. The monoisotopic (exact) mass is 327 g/mol. The first-order valence-electron chi connectivity index (χ1n) is 7.69. The van der Waals surface area contributed by atoms with Crippen molar-refractivity contribution in [1.29, 1.82) is 0 Å². The van der Waals surface area contributed by atoms with Gasteiger partial charge >= 0.3 is 5.97 Å². The van der Waals surface area contributed by atoms with Gasteiger partial charge in [0.2, 0.25) is 5.88 Å². The number of carboxylic acid groups (broad SMARTS) is 1. The molecule has 1 aliphatic rings. The molecular formula is C17H17N3O4. The Bertz CT molecular complexity index is 736. The number of carbonyl (C=O) groups is 2. The van der Waals surface area contributed by atoms with Crippen LogP contribution in [0.15, 0.2) is 42.9 Å². The van der Waals surface area contributed by atoms with Gasteiger partial charge in [-0.25, -0.2) is 4.98 Å². The van der Waals surface area contributed by atoms with Gasteiger partial charge in [0.1, 0.15) is 5.75 Å². The summed E-state index contributed by atoms with van der Waals surface area (Å²) in [6.45, 7) is 0.807. The first kappa shape index (κ1) is 15.9. The molecule has 0 bridgehead atoms. The average Bonchev–Trinajstić information content (AvgIpc) is 2.62. The lowest BCUT2D eigenvalue weighted by Gasteiger charge is -2.30. The first-order chi connectivity index (χ1) is 11.6. The van der Waals surface area contributed by atoms with Crippen molar-refractivity contribution in [2.45, 2.75) is 12.8 Å². The van der Waals surface area contributed by atoms with E-state index in [1.807, 2.05) is 0 Å². The molecule has 1 N–H and O–H groups in total. The van der Waals surface area contributed by atoms with E-state index in [9.17, 15) is 9.59 Å². The van der Waals surface area contributed by atoms with E-state index in [0.717, 1.165) is 0 Å². The number of carboxylic acids is 1. The number of rotatable bonds is 4. The molecule has 0 saturated carbocycles. The van der Waals surface area contributed by atoms with Crippen molar-refractivity contribution in [3.8, 4) is 11.6 Å². The van der Waals surface area contributed by atoms with E-state index in [0.29, 0.717) is 36.6 Å². The molecule has 1 aromatic carbocycles. The molecule has 24 heavy (non-hydrogen) atoms. The van der Waals surface area contributed by atoms with Gasteiger partial charge in [0.15, 0.2) is 0 Å². The van der Waals surface area contributed by atoms with Crippen LogP contribution in [0.25, 0.3) is 0 Å². The van der Waals surface area contributed by atoms with Crippen molar-refractivity contribution in [2.24, 2.45) is 5.92 Å². The van der Waals surface area contributed by atoms with Crippen molar-refractivity contribution in [2.75, 3.05) is 13.1 Å². The molecule has 0 aliphatic carbocycles. The van der Waals surface area contributed by atoms with Gasteiger partial charge in [0.25, 0.3) is 5.91 Å². The Morgan fingerprint density at radius 1 is 1.29 bits per heavy atom. The van der Waals surface area contributed by atoms with E-state index in [4.69, 9.17) is 9.84 Å². The van der Waals surface area contributed by atoms with Crippen LogP contribution in [0.5, 0.6) is 11.6 Å². The van der Waals surface area contributed by atoms with E-state index >= 15 is 0 Å². The number of nitrogens with zero attached hydrogens (tertiary/aromatic N) is 3. The van der Waals surface area contributed by atoms with Crippen LogP contribution < -0.4 is 4.74 Å². The lowest BCUT2D eigenvalue weighted by molar-refractivity contribution is -0.143. The number of aliphatic carboxylic acids is 1. The Morgan fingerprint density at radius 2 is 2.17 bits per heavy atom. The number of likely N-dealkylation sites (tertiary alicyclic amines) is 1. The Kier molecular flexibility index (Phi) is 4.69. The van der Waals surface area contributed by atoms with Crippen molar-refractivity contribution in [3.05, 3.63) is 48.4 Å². The van der Waals surface area contributed by atoms with Crippen LogP contribution in [-0.4, -0.2) is 44.9 Å². The Labute approximate surface area is 138 Å². The zero-order valence-electron chi connectivity index (χ0n) is 13.0. The lowest BCUT2D eigenvalue weighted by atomic mass is 9.97. The van der Waals surface area contributed by atoms with Crippen molar-refractivity contribution in [3.63, 3.8) is 0 Å². The molecule has 7 nitrogen and oxygen atoms in total. The molecule has 2 aromatic rings. The highest BCUT2D eigenvalue weighted by Crippen LogP contribution is 2.23. The maximum absolute atomic E-state index is 12.6. The normalized spacial score (nSPS) is 17.3. The predicted octanol–water partition coefficient (Wildman–Crippen LogP) is 2.21. The van der Waals surface area contributed by atoms with E-state index in [1.54, 1.807) is 35.4 Å². The fraction of sp³-hybridized carbons (Fsp3) is 0.294. The number of hydrogen-bond donors (Lipinski definition) is 1. The topological polar surface area (TPSA) is 92.6 Å². The minimum absolute atomic E-state index is 0.189. The molecule has 124 valence electrons. The summed E-state index contributed by atoms with van der Waals surface area (Å²) in [6, 6.07) is 6.76. The SMILES string of the molecule is O=C(O)C1CCCN(C(=O)c2cccc(Oc3cnccn3)c2)C1. The number of benzene rings is 1. The molecular weight excluding hydrogens is 310 g/mol. The standard InChI is InChI=1S/C17H17N3O4/c21-16(20-8-2-4-13(11-20)17(22)23)12-3-1-5-14(9-12)24-15-10-18-6-7-19-15/h1,3,5-7,9-10,13H,2,4,8,11H2,(H,22,23). The van der Waals surface area contributed by atoms with Crippen molar-refractivity contribution < 1.29 is 19.4 Å². The highest BCUT2D eigenvalue weighted by atomic mass is 16.5. The van der Waals surface area contributed by atoms with Crippen LogP contribution in [-0.2, 0) is 4.79 Å². The fourth-order valence-electron chi connectivity index (χ4n) is 2.70. The zero-order valence-corrected chi connectivity index (χ0v) is 13.0. The van der Waals surface area contributed by atoms with Gasteiger partial charge in [-0.05, 0) is 31.0 Å². The number of amides is 1. The Hall–Kier alpha value is -2.96. The summed E-state index contributed by atoms with van der Waals surface area (Å²) in [4.78, 5) is 33.3. The summed E-state index contributed by atoms with van der Waals surface area (Å²) in [5, 5.41) is 9.15. The van der Waals surface area contributed by atoms with Gasteiger partial charge in [-0.1, -0.05) is 6.07 Å². The molecule has 0 spiro atoms. The summed E-state index contributed by atoms with van der Waals surface area (Å²) in [5.74, 6) is -0.723. The Balaban J connectivity index is 1.73. The number of aromatic nitrogens is 2. The van der Waals surface area contributed by atoms with Crippen LogP contribution in [0.2, 0.25) is 0 Å². The lowest BCUT2D eigenvalue weighted by Crippen LogP contribution is -2.42. The van der Waals surface area contributed by atoms with E-state index < -0.39 is 11.9 Å². The second-order valence-corrected chi connectivity index (χ2v) is 5.60. The van der Waals surface area contributed by atoms with Gasteiger partial charge in [0.05, 0.1) is 12.1 Å². The summed E-state index contributed by atoms with van der Waals surface area (Å²) in [5.41, 5.74) is 0.461. The maximum atomic E-state index is 12.6. The zero-order chi connectivity index (χ0) is 16.9. The molecule has 1 amide bonds. The van der Waals surface area contributed by atoms with Crippen LogP contribution in [0, 0.1) is 5.92 Å². The molecule has 2 heterocycles. The van der Waals surface area contributed by atoms with Crippen LogP contribution >= 0.6 is 0 Å². The fourth-order valence-corrected chi connectivity index (χ4v) is 2.70. The van der Waals surface area contributed by atoms with Gasteiger partial charge in [0, 0.05) is 31.0 Å². The highest BCUT2D eigenvalue weighted by molar-refractivity contribution is 5.95. The van der Waals surface area contributed by atoms with Gasteiger partial charge < -0.3 is 14.7 Å². The molecule has 1 aliphatic heterocycles. The molecule has 1 aromatic heterocycles. The van der Waals surface area contributed by atoms with Crippen LogP contribution in [0.4, 0.5) is 0 Å². The average molecular weight is 327 g/mol. The van der Waals surface area contributed by atoms with Crippen LogP contribution in [0.1, 0.15) is 23.2 Å². The molecule has 1 fully saturated rings. The first-order valence-corrected chi connectivity index (χ1v) is 7.69. The second kappa shape index (κ2) is 7.08. The quantitative estimate of drug-likeness (QED) is 0.925. The van der Waals surface area contributed by atoms with Crippen LogP contribution in [0.3, 0.4) is 0 Å². The third kappa shape index (κ3) is 3.68. The van der Waals surface area contributed by atoms with E-state index in [-0.39, 0.29) is 12.5 Å². The number of carbonyl (C=O) groups excluding carboxylic acids is 1. The summed E-state index contributed by atoms with van der Waals surface area (Å²) < 4.78 is 5.58. The molecule has 1 unspecified atom stereocenters. The molecule has 3 rings (SSSR count). The van der Waals surface area contributed by atoms with Crippen molar-refractivity contribution >= 4 is 11.9 Å². The number of piperidine rings is 1. The molecule has 1 atom stereocenters. The summed E-state index contributed by atoms with van der Waals surface area (Å²) in [7, 11) is 0. The summed E-state index contributed by atoms with van der Waals surface area (Å²) >= 11 is 0.